The van der Waals surface area contributed by atoms with Gasteiger partial charge in [0.15, 0.2) is 0 Å². The van der Waals surface area contributed by atoms with Gasteiger partial charge in [-0.2, -0.15) is 0 Å². The quantitative estimate of drug-likeness (QED) is 0.738. The Kier molecular flexibility index (Phi) is 6.48. The summed E-state index contributed by atoms with van der Waals surface area (Å²) in [5, 5.41) is 3.03. The molecule has 5 nitrogen and oxygen atoms in total. The van der Waals surface area contributed by atoms with Gasteiger partial charge in [-0.1, -0.05) is 31.2 Å². The van der Waals surface area contributed by atoms with E-state index >= 15 is 0 Å². The summed E-state index contributed by atoms with van der Waals surface area (Å²) in [4.78, 5) is 25.9. The molecular formula is C23H26N2O3. The molecule has 1 fully saturated rings. The topological polar surface area (TPSA) is 58.6 Å². The number of carbonyl (C=O) groups is 2. The molecule has 0 aromatic heterocycles. The van der Waals surface area contributed by atoms with Crippen LogP contribution in [0, 0.1) is 0 Å². The molecule has 1 aliphatic rings. The first-order valence-electron chi connectivity index (χ1n) is 9.63. The summed E-state index contributed by atoms with van der Waals surface area (Å²) in [6.07, 6.45) is 5.65. The standard InChI is InChI=1S/C23H26N2O3/c1-3-21(18-9-13-20(28-2)14-10-18)24-22(26)15-8-17-6-11-19(12-7-17)25-16-4-5-23(25)27/h6-15,21H,3-5,16H2,1-2H3,(H,24,26)/b15-8+. The molecule has 146 valence electrons. The van der Waals surface area contributed by atoms with Crippen LogP contribution in [-0.2, 0) is 9.59 Å². The zero-order valence-corrected chi connectivity index (χ0v) is 16.4. The first-order chi connectivity index (χ1) is 13.6. The average Bonchev–Trinajstić information content (AvgIpc) is 3.17. The zero-order chi connectivity index (χ0) is 19.9. The van der Waals surface area contributed by atoms with E-state index in [0.29, 0.717) is 6.42 Å². The maximum Gasteiger partial charge on any atom is 0.244 e. The number of rotatable bonds is 7. The molecule has 0 aliphatic carbocycles. The van der Waals surface area contributed by atoms with Gasteiger partial charge in [0.05, 0.1) is 13.2 Å². The van der Waals surface area contributed by atoms with Crippen LogP contribution in [-0.4, -0.2) is 25.5 Å². The van der Waals surface area contributed by atoms with Crippen LogP contribution in [0.3, 0.4) is 0 Å². The fourth-order valence-corrected chi connectivity index (χ4v) is 3.34. The van der Waals surface area contributed by atoms with E-state index in [1.165, 1.54) is 0 Å². The first-order valence-corrected chi connectivity index (χ1v) is 9.63. The molecule has 2 amide bonds. The Morgan fingerprint density at radius 2 is 1.89 bits per heavy atom. The number of methoxy groups -OCH3 is 1. The summed E-state index contributed by atoms with van der Waals surface area (Å²) in [5.74, 6) is 0.831. The van der Waals surface area contributed by atoms with E-state index in [1.807, 2.05) is 55.5 Å². The molecule has 3 rings (SSSR count). The Balaban J connectivity index is 1.59. The molecule has 0 bridgehead atoms. The van der Waals surface area contributed by atoms with Crippen molar-refractivity contribution in [3.05, 3.63) is 65.7 Å². The summed E-state index contributed by atoms with van der Waals surface area (Å²) in [7, 11) is 1.63. The molecule has 5 heteroatoms. The molecule has 1 saturated heterocycles. The third-order valence-corrected chi connectivity index (χ3v) is 4.95. The fraction of sp³-hybridized carbons (Fsp3) is 0.304. The van der Waals surface area contributed by atoms with Crippen molar-refractivity contribution in [3.8, 4) is 5.75 Å². The van der Waals surface area contributed by atoms with Crippen LogP contribution in [0.2, 0.25) is 0 Å². The van der Waals surface area contributed by atoms with Gasteiger partial charge in [-0.05, 0) is 54.3 Å². The van der Waals surface area contributed by atoms with Crippen molar-refractivity contribution in [2.45, 2.75) is 32.2 Å². The van der Waals surface area contributed by atoms with Gasteiger partial charge in [-0.15, -0.1) is 0 Å². The summed E-state index contributed by atoms with van der Waals surface area (Å²) in [6.45, 7) is 2.82. The summed E-state index contributed by atoms with van der Waals surface area (Å²) >= 11 is 0. The number of anilines is 1. The van der Waals surface area contributed by atoms with Crippen LogP contribution in [0.25, 0.3) is 6.08 Å². The zero-order valence-electron chi connectivity index (χ0n) is 16.4. The van der Waals surface area contributed by atoms with Crippen molar-refractivity contribution >= 4 is 23.6 Å². The Morgan fingerprint density at radius 1 is 1.18 bits per heavy atom. The minimum atomic E-state index is -0.138. The highest BCUT2D eigenvalue weighted by Crippen LogP contribution is 2.22. The normalized spacial score (nSPS) is 15.1. The van der Waals surface area contributed by atoms with E-state index in [0.717, 1.165) is 42.0 Å². The molecule has 0 radical (unpaired) electrons. The summed E-state index contributed by atoms with van der Waals surface area (Å²) in [5.41, 5.74) is 2.88. The van der Waals surface area contributed by atoms with E-state index < -0.39 is 0 Å². The molecule has 1 atom stereocenters. The van der Waals surface area contributed by atoms with Crippen LogP contribution < -0.4 is 15.0 Å². The van der Waals surface area contributed by atoms with Gasteiger partial charge in [0, 0.05) is 24.7 Å². The molecule has 0 saturated carbocycles. The van der Waals surface area contributed by atoms with Crippen LogP contribution in [0.4, 0.5) is 5.69 Å². The molecule has 1 aliphatic heterocycles. The third-order valence-electron chi connectivity index (χ3n) is 4.95. The number of hydrogen-bond donors (Lipinski definition) is 1. The van der Waals surface area contributed by atoms with E-state index in [2.05, 4.69) is 5.32 Å². The van der Waals surface area contributed by atoms with E-state index in [9.17, 15) is 9.59 Å². The fourth-order valence-electron chi connectivity index (χ4n) is 3.34. The van der Waals surface area contributed by atoms with Crippen molar-refractivity contribution in [2.24, 2.45) is 0 Å². The molecule has 2 aromatic rings. The van der Waals surface area contributed by atoms with E-state index in [-0.39, 0.29) is 17.9 Å². The number of ether oxygens (including phenoxy) is 1. The number of carbonyl (C=O) groups excluding carboxylic acids is 2. The molecule has 2 aromatic carbocycles. The minimum absolute atomic E-state index is 0.0494. The second-order valence-corrected chi connectivity index (χ2v) is 6.82. The van der Waals surface area contributed by atoms with Crippen molar-refractivity contribution in [3.63, 3.8) is 0 Å². The second kappa shape index (κ2) is 9.22. The van der Waals surface area contributed by atoms with Gasteiger partial charge in [-0.25, -0.2) is 0 Å². The Morgan fingerprint density at radius 3 is 2.46 bits per heavy atom. The van der Waals surface area contributed by atoms with Gasteiger partial charge in [-0.3, -0.25) is 9.59 Å². The first kappa shape index (κ1) is 19.7. The molecule has 1 heterocycles. The highest BCUT2D eigenvalue weighted by Gasteiger charge is 2.21. The van der Waals surface area contributed by atoms with Crippen molar-refractivity contribution in [1.29, 1.82) is 0 Å². The second-order valence-electron chi connectivity index (χ2n) is 6.82. The monoisotopic (exact) mass is 378 g/mol. The lowest BCUT2D eigenvalue weighted by Gasteiger charge is -2.17. The van der Waals surface area contributed by atoms with E-state index in [4.69, 9.17) is 4.74 Å². The van der Waals surface area contributed by atoms with Gasteiger partial charge in [0.1, 0.15) is 5.75 Å². The number of nitrogens with one attached hydrogen (secondary N) is 1. The maximum atomic E-state index is 12.3. The third kappa shape index (κ3) is 4.80. The largest absolute Gasteiger partial charge is 0.497 e. The van der Waals surface area contributed by atoms with Crippen LogP contribution >= 0.6 is 0 Å². The average molecular weight is 378 g/mol. The lowest BCUT2D eigenvalue weighted by molar-refractivity contribution is -0.117. The van der Waals surface area contributed by atoms with Gasteiger partial charge in [0.25, 0.3) is 0 Å². The predicted octanol–water partition coefficient (Wildman–Crippen LogP) is 4.10. The molecule has 28 heavy (non-hydrogen) atoms. The SMILES string of the molecule is CCC(NC(=O)/C=C/c1ccc(N2CCCC2=O)cc1)c1ccc(OC)cc1. The Bertz CT molecular complexity index is 841. The maximum absolute atomic E-state index is 12.3. The number of benzene rings is 2. The summed E-state index contributed by atoms with van der Waals surface area (Å²) < 4.78 is 5.18. The van der Waals surface area contributed by atoms with Crippen molar-refractivity contribution in [2.75, 3.05) is 18.6 Å². The molecule has 0 spiro atoms. The molecule has 1 N–H and O–H groups in total. The van der Waals surface area contributed by atoms with Gasteiger partial charge < -0.3 is 15.0 Å². The van der Waals surface area contributed by atoms with Crippen LogP contribution in [0.15, 0.2) is 54.6 Å². The van der Waals surface area contributed by atoms with Crippen LogP contribution in [0.5, 0.6) is 5.75 Å². The minimum Gasteiger partial charge on any atom is -0.497 e. The van der Waals surface area contributed by atoms with Crippen molar-refractivity contribution < 1.29 is 14.3 Å². The van der Waals surface area contributed by atoms with Crippen LogP contribution in [0.1, 0.15) is 43.4 Å². The van der Waals surface area contributed by atoms with Gasteiger partial charge in [0.2, 0.25) is 11.8 Å². The smallest absolute Gasteiger partial charge is 0.244 e. The van der Waals surface area contributed by atoms with E-state index in [1.54, 1.807) is 24.2 Å². The lowest BCUT2D eigenvalue weighted by Crippen LogP contribution is -2.26. The molecule has 1 unspecified atom stereocenters. The number of nitrogens with zero attached hydrogens (tertiary/aromatic N) is 1. The Labute approximate surface area is 166 Å². The summed E-state index contributed by atoms with van der Waals surface area (Å²) in [6, 6.07) is 15.4. The predicted molar refractivity (Wildman–Crippen MR) is 111 cm³/mol. The lowest BCUT2D eigenvalue weighted by atomic mass is 10.0. The number of amides is 2. The van der Waals surface area contributed by atoms with Crippen molar-refractivity contribution in [1.82, 2.24) is 5.32 Å². The highest BCUT2D eigenvalue weighted by atomic mass is 16.5. The number of hydrogen-bond acceptors (Lipinski definition) is 3. The highest BCUT2D eigenvalue weighted by molar-refractivity contribution is 5.95. The Hall–Kier alpha value is -3.08. The van der Waals surface area contributed by atoms with Gasteiger partial charge >= 0.3 is 0 Å². The molecular weight excluding hydrogens is 352 g/mol.